The first-order valence-corrected chi connectivity index (χ1v) is 7.02. The Bertz CT molecular complexity index is 575. The maximum Gasteiger partial charge on any atom is 0.271 e. The number of aryl methyl sites for hydroxylation is 1. The Hall–Kier alpha value is -1.62. The first-order chi connectivity index (χ1) is 9.11. The molecule has 4 nitrogen and oxygen atoms in total. The highest BCUT2D eigenvalue weighted by Gasteiger charge is 2.12. The van der Waals surface area contributed by atoms with Crippen molar-refractivity contribution in [1.29, 1.82) is 0 Å². The van der Waals surface area contributed by atoms with Gasteiger partial charge in [-0.3, -0.25) is 4.79 Å². The monoisotopic (exact) mass is 321 g/mol. The third-order valence-electron chi connectivity index (χ3n) is 2.73. The summed E-state index contributed by atoms with van der Waals surface area (Å²) in [5, 5.41) is 7.18. The molecule has 1 amide bonds. The summed E-state index contributed by atoms with van der Waals surface area (Å²) in [6, 6.07) is 9.61. The Kier molecular flexibility index (Phi) is 4.37. The fourth-order valence-electron chi connectivity index (χ4n) is 1.76. The van der Waals surface area contributed by atoms with Crippen molar-refractivity contribution in [3.63, 3.8) is 0 Å². The van der Waals surface area contributed by atoms with Crippen LogP contribution in [0.4, 0.5) is 0 Å². The summed E-state index contributed by atoms with van der Waals surface area (Å²) >= 11 is 3.40. The topological polar surface area (TPSA) is 46.9 Å². The molecule has 19 heavy (non-hydrogen) atoms. The van der Waals surface area contributed by atoms with E-state index in [4.69, 9.17) is 0 Å². The van der Waals surface area contributed by atoms with Crippen LogP contribution >= 0.6 is 15.9 Å². The van der Waals surface area contributed by atoms with E-state index in [9.17, 15) is 4.79 Å². The Morgan fingerprint density at radius 2 is 2.05 bits per heavy atom. The normalized spacial score (nSPS) is 10.5. The van der Waals surface area contributed by atoms with Crippen molar-refractivity contribution in [2.45, 2.75) is 20.3 Å². The Labute approximate surface area is 120 Å². The second-order valence-corrected chi connectivity index (χ2v) is 5.23. The van der Waals surface area contributed by atoms with Crippen LogP contribution in [0.15, 0.2) is 34.8 Å². The van der Waals surface area contributed by atoms with Gasteiger partial charge in [-0.2, -0.15) is 5.10 Å². The zero-order valence-electron chi connectivity index (χ0n) is 11.0. The molecule has 5 heteroatoms. The predicted molar refractivity (Wildman–Crippen MR) is 78.6 cm³/mol. The summed E-state index contributed by atoms with van der Waals surface area (Å²) < 4.78 is 2.79. The van der Waals surface area contributed by atoms with Crippen LogP contribution in [0, 0.1) is 6.92 Å². The molecule has 0 aliphatic rings. The SMILES string of the molecule is CCCNC(=O)c1cc(C)n(-c2ccc(Br)cc2)n1. The summed E-state index contributed by atoms with van der Waals surface area (Å²) in [6.45, 7) is 4.63. The molecule has 0 bridgehead atoms. The number of benzene rings is 1. The van der Waals surface area contributed by atoms with Gasteiger partial charge in [-0.25, -0.2) is 4.68 Å². The molecule has 1 aromatic carbocycles. The fraction of sp³-hybridized carbons (Fsp3) is 0.286. The largest absolute Gasteiger partial charge is 0.351 e. The quantitative estimate of drug-likeness (QED) is 0.940. The second-order valence-electron chi connectivity index (χ2n) is 4.32. The van der Waals surface area contributed by atoms with E-state index in [2.05, 4.69) is 26.3 Å². The number of hydrogen-bond donors (Lipinski definition) is 1. The molecule has 2 aromatic rings. The molecular formula is C14H16BrN3O. The number of rotatable bonds is 4. The number of carbonyl (C=O) groups is 1. The molecule has 0 radical (unpaired) electrons. The van der Waals surface area contributed by atoms with E-state index in [-0.39, 0.29) is 5.91 Å². The Balaban J connectivity index is 2.26. The summed E-state index contributed by atoms with van der Waals surface area (Å²) in [7, 11) is 0. The third kappa shape index (κ3) is 3.23. The number of halogens is 1. The van der Waals surface area contributed by atoms with Gasteiger partial charge < -0.3 is 5.32 Å². The van der Waals surface area contributed by atoms with Gasteiger partial charge in [0.2, 0.25) is 0 Å². The second kappa shape index (κ2) is 6.02. The van der Waals surface area contributed by atoms with Crippen LogP contribution in [0.25, 0.3) is 5.69 Å². The number of nitrogens with one attached hydrogen (secondary N) is 1. The van der Waals surface area contributed by atoms with Gasteiger partial charge in [0.25, 0.3) is 5.91 Å². The van der Waals surface area contributed by atoms with Gasteiger partial charge in [0.05, 0.1) is 5.69 Å². The van der Waals surface area contributed by atoms with E-state index in [0.717, 1.165) is 22.3 Å². The molecule has 0 aliphatic carbocycles. The molecule has 100 valence electrons. The lowest BCUT2D eigenvalue weighted by molar-refractivity contribution is 0.0948. The summed E-state index contributed by atoms with van der Waals surface area (Å²) in [6.07, 6.45) is 0.915. The number of hydrogen-bond acceptors (Lipinski definition) is 2. The average Bonchev–Trinajstić information content (AvgIpc) is 2.79. The number of amides is 1. The van der Waals surface area contributed by atoms with Crippen molar-refractivity contribution in [2.24, 2.45) is 0 Å². The van der Waals surface area contributed by atoms with Gasteiger partial charge in [0.1, 0.15) is 0 Å². The van der Waals surface area contributed by atoms with E-state index in [1.807, 2.05) is 38.1 Å². The first kappa shape index (κ1) is 13.8. The van der Waals surface area contributed by atoms with Crippen LogP contribution in [-0.2, 0) is 0 Å². The lowest BCUT2D eigenvalue weighted by atomic mass is 10.3. The van der Waals surface area contributed by atoms with E-state index in [1.54, 1.807) is 10.7 Å². The van der Waals surface area contributed by atoms with Crippen LogP contribution in [-0.4, -0.2) is 22.2 Å². The Morgan fingerprint density at radius 3 is 2.68 bits per heavy atom. The first-order valence-electron chi connectivity index (χ1n) is 6.22. The lowest BCUT2D eigenvalue weighted by Gasteiger charge is -2.04. The maximum absolute atomic E-state index is 11.9. The number of nitrogens with zero attached hydrogens (tertiary/aromatic N) is 2. The minimum atomic E-state index is -0.124. The van der Waals surface area contributed by atoms with Gasteiger partial charge in [0.15, 0.2) is 5.69 Å². The molecular weight excluding hydrogens is 306 g/mol. The van der Waals surface area contributed by atoms with E-state index in [0.29, 0.717) is 12.2 Å². The molecule has 0 fully saturated rings. The van der Waals surface area contributed by atoms with Crippen molar-refractivity contribution in [3.8, 4) is 5.69 Å². The minimum absolute atomic E-state index is 0.124. The minimum Gasteiger partial charge on any atom is -0.351 e. The zero-order chi connectivity index (χ0) is 13.8. The molecule has 2 rings (SSSR count). The van der Waals surface area contributed by atoms with Gasteiger partial charge in [-0.05, 0) is 43.7 Å². The molecule has 0 saturated carbocycles. The summed E-state index contributed by atoms with van der Waals surface area (Å²) in [5.41, 5.74) is 2.33. The van der Waals surface area contributed by atoms with Crippen LogP contribution in [0.2, 0.25) is 0 Å². The molecule has 0 aliphatic heterocycles. The fourth-order valence-corrected chi connectivity index (χ4v) is 2.02. The van der Waals surface area contributed by atoms with Gasteiger partial charge in [0, 0.05) is 16.7 Å². The number of aromatic nitrogens is 2. The van der Waals surface area contributed by atoms with Crippen molar-refractivity contribution in [3.05, 3.63) is 46.2 Å². The summed E-state index contributed by atoms with van der Waals surface area (Å²) in [5.74, 6) is -0.124. The van der Waals surface area contributed by atoms with Gasteiger partial charge in [-0.15, -0.1) is 0 Å². The highest BCUT2D eigenvalue weighted by molar-refractivity contribution is 9.10. The van der Waals surface area contributed by atoms with Crippen LogP contribution in [0.1, 0.15) is 29.5 Å². The molecule has 0 spiro atoms. The van der Waals surface area contributed by atoms with E-state index < -0.39 is 0 Å². The van der Waals surface area contributed by atoms with Crippen LogP contribution in [0.3, 0.4) is 0 Å². The van der Waals surface area contributed by atoms with Crippen LogP contribution in [0.5, 0.6) is 0 Å². The van der Waals surface area contributed by atoms with Gasteiger partial charge in [-0.1, -0.05) is 22.9 Å². The smallest absolute Gasteiger partial charge is 0.271 e. The average molecular weight is 322 g/mol. The highest BCUT2D eigenvalue weighted by atomic mass is 79.9. The molecule has 0 unspecified atom stereocenters. The van der Waals surface area contributed by atoms with Crippen molar-refractivity contribution >= 4 is 21.8 Å². The Morgan fingerprint density at radius 1 is 1.37 bits per heavy atom. The molecule has 1 N–H and O–H groups in total. The standard InChI is InChI=1S/C14H16BrN3O/c1-3-8-16-14(19)13-9-10(2)18(17-13)12-6-4-11(15)5-7-12/h4-7,9H,3,8H2,1-2H3,(H,16,19). The van der Waals surface area contributed by atoms with Crippen molar-refractivity contribution < 1.29 is 4.79 Å². The maximum atomic E-state index is 11.9. The molecule has 1 aromatic heterocycles. The zero-order valence-corrected chi connectivity index (χ0v) is 12.6. The molecule has 1 heterocycles. The lowest BCUT2D eigenvalue weighted by Crippen LogP contribution is -2.24. The highest BCUT2D eigenvalue weighted by Crippen LogP contribution is 2.16. The third-order valence-corrected chi connectivity index (χ3v) is 3.26. The van der Waals surface area contributed by atoms with Crippen LogP contribution < -0.4 is 5.32 Å². The predicted octanol–water partition coefficient (Wildman–Crippen LogP) is 3.08. The van der Waals surface area contributed by atoms with Gasteiger partial charge >= 0.3 is 0 Å². The van der Waals surface area contributed by atoms with E-state index >= 15 is 0 Å². The van der Waals surface area contributed by atoms with Crippen molar-refractivity contribution in [1.82, 2.24) is 15.1 Å². The van der Waals surface area contributed by atoms with Crippen molar-refractivity contribution in [2.75, 3.05) is 6.54 Å². The number of carbonyl (C=O) groups excluding carboxylic acids is 1. The molecule has 0 saturated heterocycles. The molecule has 0 atom stereocenters. The van der Waals surface area contributed by atoms with E-state index in [1.165, 1.54) is 0 Å². The summed E-state index contributed by atoms with van der Waals surface area (Å²) in [4.78, 5) is 11.9.